The summed E-state index contributed by atoms with van der Waals surface area (Å²) in [4.78, 5) is 37.8. The second-order valence-electron chi connectivity index (χ2n) is 4.88. The Kier molecular flexibility index (Phi) is 3.84. The van der Waals surface area contributed by atoms with Gasteiger partial charge in [0.25, 0.3) is 0 Å². The zero-order valence-corrected chi connectivity index (χ0v) is 10.6. The van der Waals surface area contributed by atoms with Gasteiger partial charge in [-0.25, -0.2) is 0 Å². The van der Waals surface area contributed by atoms with E-state index in [0.717, 1.165) is 12.8 Å². The lowest BCUT2D eigenvalue weighted by molar-refractivity contribution is -0.138. The van der Waals surface area contributed by atoms with Crippen LogP contribution in [-0.2, 0) is 14.4 Å². The van der Waals surface area contributed by atoms with E-state index in [2.05, 4.69) is 5.32 Å². The summed E-state index contributed by atoms with van der Waals surface area (Å²) in [6.45, 7) is 3.88. The van der Waals surface area contributed by atoms with Crippen molar-refractivity contribution < 1.29 is 14.4 Å². The lowest BCUT2D eigenvalue weighted by Gasteiger charge is -2.34. The van der Waals surface area contributed by atoms with Crippen molar-refractivity contribution in [2.75, 3.05) is 32.7 Å². The van der Waals surface area contributed by atoms with Gasteiger partial charge in [0.15, 0.2) is 0 Å². The predicted octanol–water partition coefficient (Wildman–Crippen LogP) is -0.797. The molecule has 100 valence electrons. The molecule has 1 saturated carbocycles. The highest BCUT2D eigenvalue weighted by Crippen LogP contribution is 2.28. The van der Waals surface area contributed by atoms with Crippen molar-refractivity contribution in [2.24, 2.45) is 5.92 Å². The molecule has 2 fully saturated rings. The molecule has 0 aromatic carbocycles. The summed E-state index contributed by atoms with van der Waals surface area (Å²) in [6, 6.07) is 0. The highest BCUT2D eigenvalue weighted by molar-refractivity contribution is 5.87. The normalized spacial score (nSPS) is 19.6. The Morgan fingerprint density at radius 1 is 1.06 bits per heavy atom. The van der Waals surface area contributed by atoms with Gasteiger partial charge in [0.1, 0.15) is 0 Å². The van der Waals surface area contributed by atoms with Gasteiger partial charge in [-0.2, -0.15) is 0 Å². The van der Waals surface area contributed by atoms with Crippen LogP contribution in [0, 0.1) is 5.92 Å². The topological polar surface area (TPSA) is 69.7 Å². The minimum absolute atomic E-state index is 0.00859. The summed E-state index contributed by atoms with van der Waals surface area (Å²) >= 11 is 0. The van der Waals surface area contributed by atoms with E-state index < -0.39 is 0 Å². The fourth-order valence-electron chi connectivity index (χ4n) is 2.04. The Morgan fingerprint density at radius 3 is 2.11 bits per heavy atom. The molecule has 6 heteroatoms. The highest BCUT2D eigenvalue weighted by atomic mass is 16.2. The average Bonchev–Trinajstić information content (AvgIpc) is 3.20. The van der Waals surface area contributed by atoms with Crippen LogP contribution in [0.5, 0.6) is 0 Å². The van der Waals surface area contributed by atoms with Gasteiger partial charge in [0, 0.05) is 39.0 Å². The third-order valence-electron chi connectivity index (χ3n) is 3.44. The number of nitrogens with one attached hydrogen (secondary N) is 1. The van der Waals surface area contributed by atoms with Gasteiger partial charge >= 0.3 is 0 Å². The van der Waals surface area contributed by atoms with E-state index in [0.29, 0.717) is 26.2 Å². The number of carbonyl (C=O) groups is 3. The zero-order valence-electron chi connectivity index (χ0n) is 10.6. The largest absolute Gasteiger partial charge is 0.347 e. The Hall–Kier alpha value is -1.59. The van der Waals surface area contributed by atoms with Crippen LogP contribution in [0.1, 0.15) is 19.8 Å². The average molecular weight is 253 g/mol. The zero-order chi connectivity index (χ0) is 13.1. The van der Waals surface area contributed by atoms with Crippen molar-refractivity contribution in [2.45, 2.75) is 19.8 Å². The maximum atomic E-state index is 11.8. The number of rotatable bonds is 3. The number of carbonyl (C=O) groups excluding carboxylic acids is 3. The Bertz CT molecular complexity index is 358. The molecule has 0 atom stereocenters. The summed E-state index contributed by atoms with van der Waals surface area (Å²) in [7, 11) is 0. The van der Waals surface area contributed by atoms with Gasteiger partial charge in [-0.3, -0.25) is 14.4 Å². The van der Waals surface area contributed by atoms with Gasteiger partial charge < -0.3 is 15.1 Å². The standard InChI is InChI=1S/C12H19N3O3/c1-9(16)14-4-6-15(7-5-14)11(17)8-13-12(18)10-2-3-10/h10H,2-8H2,1H3,(H,13,18). The second-order valence-corrected chi connectivity index (χ2v) is 4.88. The van der Waals surface area contributed by atoms with Crippen LogP contribution in [0.3, 0.4) is 0 Å². The monoisotopic (exact) mass is 253 g/mol. The van der Waals surface area contributed by atoms with Crippen LogP contribution in [0.2, 0.25) is 0 Å². The molecule has 18 heavy (non-hydrogen) atoms. The first-order valence-electron chi connectivity index (χ1n) is 6.39. The summed E-state index contributed by atoms with van der Waals surface area (Å²) in [6.07, 6.45) is 1.88. The molecule has 0 bridgehead atoms. The van der Waals surface area contributed by atoms with Gasteiger partial charge in [-0.15, -0.1) is 0 Å². The highest BCUT2D eigenvalue weighted by Gasteiger charge is 2.30. The van der Waals surface area contributed by atoms with Crippen LogP contribution in [0.15, 0.2) is 0 Å². The van der Waals surface area contributed by atoms with Gasteiger partial charge in [0.2, 0.25) is 17.7 Å². The van der Waals surface area contributed by atoms with Crippen molar-refractivity contribution in [3.05, 3.63) is 0 Å². The maximum Gasteiger partial charge on any atom is 0.242 e. The van der Waals surface area contributed by atoms with E-state index >= 15 is 0 Å². The minimum Gasteiger partial charge on any atom is -0.347 e. The van der Waals surface area contributed by atoms with Crippen LogP contribution >= 0.6 is 0 Å². The maximum absolute atomic E-state index is 11.8. The van der Waals surface area contributed by atoms with Crippen LogP contribution in [0.25, 0.3) is 0 Å². The lowest BCUT2D eigenvalue weighted by Crippen LogP contribution is -2.52. The van der Waals surface area contributed by atoms with E-state index in [9.17, 15) is 14.4 Å². The number of piperazine rings is 1. The number of nitrogens with zero attached hydrogens (tertiary/aromatic N) is 2. The Labute approximate surface area is 106 Å². The smallest absolute Gasteiger partial charge is 0.242 e. The Morgan fingerprint density at radius 2 is 1.61 bits per heavy atom. The number of hydrogen-bond donors (Lipinski definition) is 1. The molecule has 0 unspecified atom stereocenters. The van der Waals surface area contributed by atoms with E-state index in [-0.39, 0.29) is 30.2 Å². The second kappa shape index (κ2) is 5.37. The van der Waals surface area contributed by atoms with Crippen LogP contribution in [-0.4, -0.2) is 60.2 Å². The molecule has 2 rings (SSSR count). The summed E-state index contributed by atoms with van der Waals surface area (Å²) in [5.74, 6) is 0.106. The van der Waals surface area contributed by atoms with Crippen molar-refractivity contribution in [3.8, 4) is 0 Å². The molecule has 1 aliphatic carbocycles. The molecule has 1 N–H and O–H groups in total. The third kappa shape index (κ3) is 3.21. The fourth-order valence-corrected chi connectivity index (χ4v) is 2.04. The quantitative estimate of drug-likeness (QED) is 0.716. The first-order chi connectivity index (χ1) is 8.58. The van der Waals surface area contributed by atoms with Gasteiger partial charge in [0.05, 0.1) is 6.54 Å². The predicted molar refractivity (Wildman–Crippen MR) is 64.6 cm³/mol. The van der Waals surface area contributed by atoms with E-state index in [1.807, 2.05) is 0 Å². The summed E-state index contributed by atoms with van der Waals surface area (Å²) in [5.41, 5.74) is 0. The summed E-state index contributed by atoms with van der Waals surface area (Å²) in [5, 5.41) is 2.66. The molecular formula is C12H19N3O3. The minimum atomic E-state index is -0.0628. The fraction of sp³-hybridized carbons (Fsp3) is 0.750. The SMILES string of the molecule is CC(=O)N1CCN(C(=O)CNC(=O)C2CC2)CC1. The molecule has 2 aliphatic rings. The molecule has 1 aliphatic heterocycles. The van der Waals surface area contributed by atoms with E-state index in [4.69, 9.17) is 0 Å². The molecule has 6 nitrogen and oxygen atoms in total. The van der Waals surface area contributed by atoms with Crippen molar-refractivity contribution >= 4 is 17.7 Å². The summed E-state index contributed by atoms with van der Waals surface area (Å²) < 4.78 is 0. The lowest BCUT2D eigenvalue weighted by atomic mass is 10.3. The van der Waals surface area contributed by atoms with Crippen LogP contribution < -0.4 is 5.32 Å². The van der Waals surface area contributed by atoms with Crippen LogP contribution in [0.4, 0.5) is 0 Å². The van der Waals surface area contributed by atoms with E-state index in [1.54, 1.807) is 9.80 Å². The van der Waals surface area contributed by atoms with Crippen molar-refractivity contribution in [1.82, 2.24) is 15.1 Å². The molecule has 3 amide bonds. The molecule has 1 heterocycles. The molecular weight excluding hydrogens is 234 g/mol. The first-order valence-corrected chi connectivity index (χ1v) is 6.39. The molecule has 1 saturated heterocycles. The van der Waals surface area contributed by atoms with Crippen molar-refractivity contribution in [3.63, 3.8) is 0 Å². The van der Waals surface area contributed by atoms with Gasteiger partial charge in [-0.05, 0) is 12.8 Å². The molecule has 0 aromatic heterocycles. The molecule has 0 aromatic rings. The van der Waals surface area contributed by atoms with E-state index in [1.165, 1.54) is 6.92 Å². The Balaban J connectivity index is 1.70. The van der Waals surface area contributed by atoms with Crippen molar-refractivity contribution in [1.29, 1.82) is 0 Å². The molecule has 0 radical (unpaired) electrons. The number of hydrogen-bond acceptors (Lipinski definition) is 3. The number of amides is 3. The third-order valence-corrected chi connectivity index (χ3v) is 3.44. The first kappa shape index (κ1) is 12.9. The molecule has 0 spiro atoms. The van der Waals surface area contributed by atoms with Gasteiger partial charge in [-0.1, -0.05) is 0 Å².